The molecular formula is C21H26ClNO4. The molecule has 1 aliphatic carbocycles. The van der Waals surface area contributed by atoms with Gasteiger partial charge in [-0.15, -0.1) is 0 Å². The van der Waals surface area contributed by atoms with E-state index >= 15 is 0 Å². The summed E-state index contributed by atoms with van der Waals surface area (Å²) in [5.41, 5.74) is 1.05. The number of aliphatic hydroxyl groups is 1. The Morgan fingerprint density at radius 3 is 2.48 bits per heavy atom. The third-order valence-electron chi connectivity index (χ3n) is 4.62. The molecule has 1 aliphatic rings. The summed E-state index contributed by atoms with van der Waals surface area (Å²) < 4.78 is 16.6. The van der Waals surface area contributed by atoms with Crippen LogP contribution in [0.25, 0.3) is 0 Å². The smallest absolute Gasteiger partial charge is 0.165 e. The number of halogens is 1. The zero-order valence-electron chi connectivity index (χ0n) is 15.7. The quantitative estimate of drug-likeness (QED) is 0.668. The summed E-state index contributed by atoms with van der Waals surface area (Å²) in [4.78, 5) is 2.28. The molecule has 0 aromatic heterocycles. The maximum absolute atomic E-state index is 10.5. The predicted octanol–water partition coefficient (Wildman–Crippen LogP) is 3.76. The summed E-state index contributed by atoms with van der Waals surface area (Å²) in [5.74, 6) is 2.17. The number of para-hydroxylation sites is 1. The van der Waals surface area contributed by atoms with Crippen LogP contribution in [0.3, 0.4) is 0 Å². The normalized spacial score (nSPS) is 14.9. The SMILES string of the molecule is COc1cccc(CN(CC(O)COc2ccc(Cl)cc2)C2CC2)c1OC. The summed E-state index contributed by atoms with van der Waals surface area (Å²) in [6, 6.07) is 13.5. The highest BCUT2D eigenvalue weighted by Gasteiger charge is 2.31. The summed E-state index contributed by atoms with van der Waals surface area (Å²) in [7, 11) is 3.29. The van der Waals surface area contributed by atoms with Crippen LogP contribution >= 0.6 is 11.6 Å². The van der Waals surface area contributed by atoms with Gasteiger partial charge in [-0.05, 0) is 43.2 Å². The van der Waals surface area contributed by atoms with Crippen molar-refractivity contribution < 1.29 is 19.3 Å². The minimum Gasteiger partial charge on any atom is -0.493 e. The van der Waals surface area contributed by atoms with Crippen LogP contribution in [0.15, 0.2) is 42.5 Å². The first kappa shape index (κ1) is 19.8. The number of hydrogen-bond acceptors (Lipinski definition) is 5. The Hall–Kier alpha value is -1.95. The van der Waals surface area contributed by atoms with Crippen molar-refractivity contribution in [1.82, 2.24) is 4.90 Å². The van der Waals surface area contributed by atoms with Gasteiger partial charge in [-0.1, -0.05) is 23.7 Å². The van der Waals surface area contributed by atoms with Gasteiger partial charge in [0.25, 0.3) is 0 Å². The molecule has 1 saturated carbocycles. The van der Waals surface area contributed by atoms with Crippen LogP contribution < -0.4 is 14.2 Å². The van der Waals surface area contributed by atoms with Crippen molar-refractivity contribution in [3.8, 4) is 17.2 Å². The van der Waals surface area contributed by atoms with Crippen molar-refractivity contribution in [2.45, 2.75) is 31.5 Å². The lowest BCUT2D eigenvalue weighted by Gasteiger charge is -2.26. The fourth-order valence-electron chi connectivity index (χ4n) is 3.13. The highest BCUT2D eigenvalue weighted by Crippen LogP contribution is 2.34. The first-order valence-corrected chi connectivity index (χ1v) is 9.49. The number of hydrogen-bond donors (Lipinski definition) is 1. The van der Waals surface area contributed by atoms with E-state index in [2.05, 4.69) is 4.90 Å². The van der Waals surface area contributed by atoms with Crippen molar-refractivity contribution in [3.63, 3.8) is 0 Å². The van der Waals surface area contributed by atoms with Crippen molar-refractivity contribution in [2.24, 2.45) is 0 Å². The van der Waals surface area contributed by atoms with Crippen LogP contribution in [0, 0.1) is 0 Å². The molecule has 0 heterocycles. The van der Waals surface area contributed by atoms with Gasteiger partial charge in [0.2, 0.25) is 0 Å². The molecule has 2 aromatic carbocycles. The second kappa shape index (κ2) is 9.31. The van der Waals surface area contributed by atoms with Crippen LogP contribution in [-0.4, -0.2) is 49.5 Å². The van der Waals surface area contributed by atoms with Crippen LogP contribution in [0.5, 0.6) is 17.2 Å². The third-order valence-corrected chi connectivity index (χ3v) is 4.87. The molecule has 0 amide bonds. The van der Waals surface area contributed by atoms with E-state index in [1.54, 1.807) is 38.5 Å². The summed E-state index contributed by atoms with van der Waals surface area (Å²) >= 11 is 5.88. The van der Waals surface area contributed by atoms with E-state index in [0.717, 1.165) is 29.9 Å². The zero-order chi connectivity index (χ0) is 19.2. The number of aliphatic hydroxyl groups excluding tert-OH is 1. The molecule has 0 radical (unpaired) electrons. The van der Waals surface area contributed by atoms with Crippen LogP contribution in [0.1, 0.15) is 18.4 Å². The van der Waals surface area contributed by atoms with Gasteiger partial charge in [-0.3, -0.25) is 4.90 Å². The molecular weight excluding hydrogens is 366 g/mol. The van der Waals surface area contributed by atoms with Gasteiger partial charge in [0.15, 0.2) is 11.5 Å². The van der Waals surface area contributed by atoms with Gasteiger partial charge >= 0.3 is 0 Å². The first-order valence-electron chi connectivity index (χ1n) is 9.11. The molecule has 1 N–H and O–H groups in total. The average molecular weight is 392 g/mol. The fraction of sp³-hybridized carbons (Fsp3) is 0.429. The summed E-state index contributed by atoms with van der Waals surface area (Å²) in [6.45, 7) is 1.47. The van der Waals surface area contributed by atoms with E-state index in [4.69, 9.17) is 25.8 Å². The molecule has 0 spiro atoms. The molecule has 5 nitrogen and oxygen atoms in total. The fourth-order valence-corrected chi connectivity index (χ4v) is 3.25. The maximum atomic E-state index is 10.5. The lowest BCUT2D eigenvalue weighted by Crippen LogP contribution is -2.36. The minimum absolute atomic E-state index is 0.236. The lowest BCUT2D eigenvalue weighted by molar-refractivity contribution is 0.0623. The van der Waals surface area contributed by atoms with Crippen LogP contribution in [0.2, 0.25) is 5.02 Å². The molecule has 1 atom stereocenters. The molecule has 0 aliphatic heterocycles. The van der Waals surface area contributed by atoms with E-state index in [1.807, 2.05) is 18.2 Å². The molecule has 3 rings (SSSR count). The first-order chi connectivity index (χ1) is 13.1. The predicted molar refractivity (Wildman–Crippen MR) is 106 cm³/mol. The molecule has 1 fully saturated rings. The molecule has 1 unspecified atom stereocenters. The topological polar surface area (TPSA) is 51.2 Å². The molecule has 146 valence electrons. The van der Waals surface area contributed by atoms with Gasteiger partial charge in [0.05, 0.1) is 14.2 Å². The second-order valence-electron chi connectivity index (χ2n) is 6.73. The second-order valence-corrected chi connectivity index (χ2v) is 7.17. The minimum atomic E-state index is -0.585. The Morgan fingerprint density at radius 2 is 1.85 bits per heavy atom. The standard InChI is InChI=1S/C21H26ClNO4/c1-25-20-5-3-4-15(21(20)26-2)12-23(17-8-9-17)13-18(24)14-27-19-10-6-16(22)7-11-19/h3-7,10-11,17-18,24H,8-9,12-14H2,1-2H3. The van der Waals surface area contributed by atoms with E-state index in [0.29, 0.717) is 29.9 Å². The van der Waals surface area contributed by atoms with E-state index in [-0.39, 0.29) is 6.61 Å². The number of benzene rings is 2. The summed E-state index contributed by atoms with van der Waals surface area (Å²) in [6.07, 6.45) is 1.71. The van der Waals surface area contributed by atoms with Crippen LogP contribution in [-0.2, 0) is 6.54 Å². The van der Waals surface area contributed by atoms with Gasteiger partial charge in [0.1, 0.15) is 18.5 Å². The Kier molecular flexibility index (Phi) is 6.83. The van der Waals surface area contributed by atoms with Gasteiger partial charge < -0.3 is 19.3 Å². The number of methoxy groups -OCH3 is 2. The molecule has 0 bridgehead atoms. The van der Waals surface area contributed by atoms with Gasteiger partial charge in [-0.2, -0.15) is 0 Å². The highest BCUT2D eigenvalue weighted by molar-refractivity contribution is 6.30. The van der Waals surface area contributed by atoms with Gasteiger partial charge in [0, 0.05) is 29.7 Å². The Bertz CT molecular complexity index is 733. The Labute approximate surface area is 165 Å². The molecule has 6 heteroatoms. The van der Waals surface area contributed by atoms with Crippen molar-refractivity contribution >= 4 is 11.6 Å². The van der Waals surface area contributed by atoms with Crippen LogP contribution in [0.4, 0.5) is 0 Å². The molecule has 0 saturated heterocycles. The highest BCUT2D eigenvalue weighted by atomic mass is 35.5. The van der Waals surface area contributed by atoms with Crippen molar-refractivity contribution in [2.75, 3.05) is 27.4 Å². The molecule has 27 heavy (non-hydrogen) atoms. The molecule has 2 aromatic rings. The number of nitrogens with zero attached hydrogens (tertiary/aromatic N) is 1. The lowest BCUT2D eigenvalue weighted by atomic mass is 10.1. The number of ether oxygens (including phenoxy) is 3. The maximum Gasteiger partial charge on any atom is 0.165 e. The number of rotatable bonds is 10. The summed E-state index contributed by atoms with van der Waals surface area (Å²) in [5, 5.41) is 11.1. The largest absolute Gasteiger partial charge is 0.493 e. The third kappa shape index (κ3) is 5.51. The van der Waals surface area contributed by atoms with E-state index < -0.39 is 6.10 Å². The Morgan fingerprint density at radius 1 is 1.11 bits per heavy atom. The van der Waals surface area contributed by atoms with E-state index in [1.165, 1.54) is 0 Å². The zero-order valence-corrected chi connectivity index (χ0v) is 16.5. The van der Waals surface area contributed by atoms with E-state index in [9.17, 15) is 5.11 Å². The van der Waals surface area contributed by atoms with Crippen molar-refractivity contribution in [1.29, 1.82) is 0 Å². The average Bonchev–Trinajstić information content (AvgIpc) is 3.52. The monoisotopic (exact) mass is 391 g/mol. The van der Waals surface area contributed by atoms with Crippen molar-refractivity contribution in [3.05, 3.63) is 53.1 Å². The Balaban J connectivity index is 1.60. The van der Waals surface area contributed by atoms with Gasteiger partial charge in [-0.25, -0.2) is 0 Å².